The molecule has 2 atom stereocenters. The first-order valence-corrected chi connectivity index (χ1v) is 9.83. The van der Waals surface area contributed by atoms with Crippen molar-refractivity contribution in [2.45, 2.75) is 23.8 Å². The molecular formula is C19H20F2O5S. The monoisotopic (exact) mass is 398 g/mol. The molecule has 0 saturated carbocycles. The van der Waals surface area contributed by atoms with Gasteiger partial charge >= 0.3 is 0 Å². The molecule has 1 saturated heterocycles. The van der Waals surface area contributed by atoms with Gasteiger partial charge in [-0.15, -0.1) is 0 Å². The van der Waals surface area contributed by atoms with Gasteiger partial charge in [-0.25, -0.2) is 8.78 Å². The molecule has 0 spiro atoms. The van der Waals surface area contributed by atoms with E-state index in [9.17, 15) is 22.3 Å². The van der Waals surface area contributed by atoms with Crippen LogP contribution in [0.4, 0.5) is 8.78 Å². The van der Waals surface area contributed by atoms with Crippen LogP contribution >= 0.6 is 0 Å². The molecule has 1 N–H and O–H groups in total. The maximum Gasteiger partial charge on any atom is 0.297 e. The SMILES string of the molecule is Cc1ccc(S(=O)(=O)OC[C@]2(c3ccc(F)cc3F)C[C@H](CO)CO2)cc1. The van der Waals surface area contributed by atoms with Crippen LogP contribution in [0.2, 0.25) is 0 Å². The third-order valence-electron chi connectivity index (χ3n) is 4.65. The maximum absolute atomic E-state index is 14.4. The quantitative estimate of drug-likeness (QED) is 0.758. The van der Waals surface area contributed by atoms with E-state index in [2.05, 4.69) is 0 Å². The van der Waals surface area contributed by atoms with Crippen LogP contribution in [-0.2, 0) is 24.6 Å². The highest BCUT2D eigenvalue weighted by Crippen LogP contribution is 2.41. The van der Waals surface area contributed by atoms with E-state index in [4.69, 9.17) is 8.92 Å². The average Bonchev–Trinajstić information content (AvgIpc) is 3.05. The van der Waals surface area contributed by atoms with Gasteiger partial charge in [0.05, 0.1) is 18.1 Å². The van der Waals surface area contributed by atoms with E-state index in [-0.39, 0.29) is 36.0 Å². The third-order valence-corrected chi connectivity index (χ3v) is 5.93. The molecule has 1 aliphatic heterocycles. The van der Waals surface area contributed by atoms with Crippen molar-refractivity contribution in [3.8, 4) is 0 Å². The van der Waals surface area contributed by atoms with Crippen LogP contribution in [0.15, 0.2) is 47.4 Å². The molecule has 1 aliphatic rings. The Balaban J connectivity index is 1.90. The number of aliphatic hydroxyl groups excluding tert-OH is 1. The molecule has 8 heteroatoms. The van der Waals surface area contributed by atoms with Crippen molar-refractivity contribution < 1.29 is 31.2 Å². The standard InChI is InChI=1S/C19H20F2O5S/c1-13-2-5-16(6-3-13)27(23,24)26-12-19(9-14(10-22)11-25-19)17-7-4-15(20)8-18(17)21/h2-8,14,22H,9-12H2,1H3/t14-,19+/m1/s1. The van der Waals surface area contributed by atoms with Gasteiger partial charge < -0.3 is 9.84 Å². The first-order chi connectivity index (χ1) is 12.8. The van der Waals surface area contributed by atoms with Crippen molar-refractivity contribution in [3.05, 3.63) is 65.2 Å². The van der Waals surface area contributed by atoms with Crippen molar-refractivity contribution in [2.75, 3.05) is 19.8 Å². The van der Waals surface area contributed by atoms with Gasteiger partial charge in [0.2, 0.25) is 0 Å². The lowest BCUT2D eigenvalue weighted by atomic mass is 9.88. The van der Waals surface area contributed by atoms with Gasteiger partial charge in [-0.05, 0) is 31.5 Å². The van der Waals surface area contributed by atoms with Crippen molar-refractivity contribution in [1.29, 1.82) is 0 Å². The lowest BCUT2D eigenvalue weighted by molar-refractivity contribution is -0.0368. The highest BCUT2D eigenvalue weighted by atomic mass is 32.2. The topological polar surface area (TPSA) is 72.8 Å². The molecule has 0 amide bonds. The molecule has 5 nitrogen and oxygen atoms in total. The fourth-order valence-electron chi connectivity index (χ4n) is 3.15. The van der Waals surface area contributed by atoms with Crippen molar-refractivity contribution in [2.24, 2.45) is 5.92 Å². The summed E-state index contributed by atoms with van der Waals surface area (Å²) in [6.07, 6.45) is 0.148. The molecule has 0 aromatic heterocycles. The molecule has 0 radical (unpaired) electrons. The molecule has 0 unspecified atom stereocenters. The van der Waals surface area contributed by atoms with Crippen LogP contribution in [0, 0.1) is 24.5 Å². The predicted molar refractivity (Wildman–Crippen MR) is 93.5 cm³/mol. The highest BCUT2D eigenvalue weighted by molar-refractivity contribution is 7.86. The molecule has 3 rings (SSSR count). The molecule has 0 bridgehead atoms. The summed E-state index contributed by atoms with van der Waals surface area (Å²) in [5, 5.41) is 9.40. The third kappa shape index (κ3) is 4.19. The van der Waals surface area contributed by atoms with E-state index in [1.807, 2.05) is 6.92 Å². The molecule has 0 aliphatic carbocycles. The van der Waals surface area contributed by atoms with Gasteiger partial charge in [0.25, 0.3) is 10.1 Å². The maximum atomic E-state index is 14.4. The summed E-state index contributed by atoms with van der Waals surface area (Å²) < 4.78 is 63.5. The zero-order valence-electron chi connectivity index (χ0n) is 14.7. The second kappa shape index (κ2) is 7.63. The Labute approximate surface area is 156 Å². The zero-order valence-corrected chi connectivity index (χ0v) is 15.5. The Hall–Kier alpha value is -1.87. The van der Waals surface area contributed by atoms with E-state index in [1.54, 1.807) is 12.1 Å². The van der Waals surface area contributed by atoms with Gasteiger partial charge in [0.15, 0.2) is 0 Å². The summed E-state index contributed by atoms with van der Waals surface area (Å²) in [6, 6.07) is 9.11. The van der Waals surface area contributed by atoms with Crippen LogP contribution in [0.1, 0.15) is 17.5 Å². The number of rotatable bonds is 6. The largest absolute Gasteiger partial charge is 0.396 e. The fraction of sp³-hybridized carbons (Fsp3) is 0.368. The number of hydrogen-bond acceptors (Lipinski definition) is 5. The molecule has 2 aromatic carbocycles. The first-order valence-electron chi connectivity index (χ1n) is 8.42. The Morgan fingerprint density at radius 2 is 1.93 bits per heavy atom. The molecule has 1 fully saturated rings. The van der Waals surface area contributed by atoms with E-state index < -0.39 is 34.0 Å². The van der Waals surface area contributed by atoms with Crippen molar-refractivity contribution in [3.63, 3.8) is 0 Å². The molecular weight excluding hydrogens is 378 g/mol. The second-order valence-corrected chi connectivity index (χ2v) is 8.33. The van der Waals surface area contributed by atoms with Gasteiger partial charge in [0.1, 0.15) is 17.2 Å². The van der Waals surface area contributed by atoms with E-state index in [0.717, 1.165) is 11.6 Å². The Kier molecular flexibility index (Phi) is 5.62. The molecule has 146 valence electrons. The van der Waals surface area contributed by atoms with E-state index in [0.29, 0.717) is 6.07 Å². The van der Waals surface area contributed by atoms with Gasteiger partial charge in [-0.2, -0.15) is 8.42 Å². The zero-order chi connectivity index (χ0) is 19.7. The Bertz CT molecular complexity index is 914. The van der Waals surface area contributed by atoms with Crippen molar-refractivity contribution in [1.82, 2.24) is 0 Å². The van der Waals surface area contributed by atoms with E-state index >= 15 is 0 Å². The molecule has 1 heterocycles. The van der Waals surface area contributed by atoms with Crippen LogP contribution in [-0.4, -0.2) is 33.3 Å². The summed E-state index contributed by atoms with van der Waals surface area (Å²) in [6.45, 7) is 1.25. The minimum atomic E-state index is -4.09. The number of halogens is 2. The van der Waals surface area contributed by atoms with Gasteiger partial charge in [-0.3, -0.25) is 4.18 Å². The first kappa shape index (κ1) is 19.9. The number of aryl methyl sites for hydroxylation is 1. The minimum Gasteiger partial charge on any atom is -0.396 e. The number of hydrogen-bond donors (Lipinski definition) is 1. The number of aliphatic hydroxyl groups is 1. The van der Waals surface area contributed by atoms with Gasteiger partial charge in [-0.1, -0.05) is 23.8 Å². The lowest BCUT2D eigenvalue weighted by Crippen LogP contribution is -2.34. The molecule has 27 heavy (non-hydrogen) atoms. The average molecular weight is 398 g/mol. The summed E-state index contributed by atoms with van der Waals surface area (Å²) in [4.78, 5) is -0.0282. The Morgan fingerprint density at radius 1 is 1.22 bits per heavy atom. The highest BCUT2D eigenvalue weighted by Gasteiger charge is 2.45. The summed E-state index contributed by atoms with van der Waals surface area (Å²) >= 11 is 0. The fourth-order valence-corrected chi connectivity index (χ4v) is 4.10. The second-order valence-electron chi connectivity index (χ2n) is 6.71. The summed E-state index contributed by atoms with van der Waals surface area (Å²) in [7, 11) is -4.09. The van der Waals surface area contributed by atoms with E-state index in [1.165, 1.54) is 18.2 Å². The van der Waals surface area contributed by atoms with Gasteiger partial charge in [0, 0.05) is 24.2 Å². The normalized spacial score (nSPS) is 22.9. The summed E-state index contributed by atoms with van der Waals surface area (Å²) in [5.41, 5.74) is -0.536. The lowest BCUT2D eigenvalue weighted by Gasteiger charge is -2.29. The van der Waals surface area contributed by atoms with Crippen LogP contribution in [0.3, 0.4) is 0 Å². The smallest absolute Gasteiger partial charge is 0.297 e. The van der Waals surface area contributed by atoms with Crippen LogP contribution in [0.25, 0.3) is 0 Å². The Morgan fingerprint density at radius 3 is 2.52 bits per heavy atom. The molecule has 2 aromatic rings. The van der Waals surface area contributed by atoms with Crippen LogP contribution in [0.5, 0.6) is 0 Å². The number of ether oxygens (including phenoxy) is 1. The van der Waals surface area contributed by atoms with Crippen molar-refractivity contribution >= 4 is 10.1 Å². The predicted octanol–water partition coefficient (Wildman–Crippen LogP) is 2.90. The van der Waals surface area contributed by atoms with Crippen LogP contribution < -0.4 is 0 Å². The minimum absolute atomic E-state index is 0.000967. The number of benzene rings is 2. The summed E-state index contributed by atoms with van der Waals surface area (Å²) in [5.74, 6) is -1.92.